The lowest BCUT2D eigenvalue weighted by Crippen LogP contribution is -1.90. The fourth-order valence-corrected chi connectivity index (χ4v) is 2.01. The third-order valence-electron chi connectivity index (χ3n) is 2.85. The van der Waals surface area contributed by atoms with Gasteiger partial charge < -0.3 is 14.6 Å². The molecule has 0 fully saturated rings. The Labute approximate surface area is 126 Å². The van der Waals surface area contributed by atoms with Crippen LogP contribution in [0, 0.1) is 0 Å². The van der Waals surface area contributed by atoms with Gasteiger partial charge in [0.2, 0.25) is 5.82 Å². The maximum absolute atomic E-state index is 5.92. The number of nitrogens with one attached hydrogen (secondary N) is 1. The van der Waals surface area contributed by atoms with Crippen molar-refractivity contribution in [2.45, 2.75) is 0 Å². The molecule has 6 heteroatoms. The predicted molar refractivity (Wildman–Crippen MR) is 81.0 cm³/mol. The van der Waals surface area contributed by atoms with E-state index in [4.69, 9.17) is 20.9 Å². The van der Waals surface area contributed by atoms with Crippen molar-refractivity contribution in [2.24, 2.45) is 0 Å². The maximum atomic E-state index is 5.92. The lowest BCUT2D eigenvalue weighted by Gasteiger charge is -2.00. The first-order valence-corrected chi connectivity index (χ1v) is 6.63. The van der Waals surface area contributed by atoms with Crippen molar-refractivity contribution in [2.75, 3.05) is 12.4 Å². The Kier molecular flexibility index (Phi) is 3.75. The lowest BCUT2D eigenvalue weighted by atomic mass is 10.2. The van der Waals surface area contributed by atoms with E-state index in [0.717, 1.165) is 17.0 Å². The molecule has 21 heavy (non-hydrogen) atoms. The SMILES string of the molecule is COc1ccc(-c2noc(Nc3cccc(Cl)c3)n2)cc1. The third-order valence-corrected chi connectivity index (χ3v) is 3.09. The highest BCUT2D eigenvalue weighted by Gasteiger charge is 2.09. The highest BCUT2D eigenvalue weighted by molar-refractivity contribution is 6.30. The lowest BCUT2D eigenvalue weighted by molar-refractivity contribution is 0.415. The van der Waals surface area contributed by atoms with Crippen molar-refractivity contribution in [1.82, 2.24) is 10.1 Å². The van der Waals surface area contributed by atoms with Crippen LogP contribution in [0.3, 0.4) is 0 Å². The minimum absolute atomic E-state index is 0.308. The number of nitrogens with zero attached hydrogens (tertiary/aromatic N) is 2. The molecule has 0 atom stereocenters. The van der Waals surface area contributed by atoms with E-state index in [1.807, 2.05) is 36.4 Å². The van der Waals surface area contributed by atoms with Gasteiger partial charge in [-0.2, -0.15) is 4.98 Å². The molecule has 106 valence electrons. The zero-order valence-corrected chi connectivity index (χ0v) is 12.0. The van der Waals surface area contributed by atoms with Crippen molar-refractivity contribution < 1.29 is 9.26 Å². The van der Waals surface area contributed by atoms with Gasteiger partial charge in [-0.05, 0) is 42.5 Å². The summed E-state index contributed by atoms with van der Waals surface area (Å²) < 4.78 is 10.3. The summed E-state index contributed by atoms with van der Waals surface area (Å²) >= 11 is 5.92. The van der Waals surface area contributed by atoms with Gasteiger partial charge in [-0.25, -0.2) is 0 Å². The van der Waals surface area contributed by atoms with Crippen LogP contribution in [0.1, 0.15) is 0 Å². The molecule has 0 amide bonds. The summed E-state index contributed by atoms with van der Waals surface area (Å²) in [5.74, 6) is 1.28. The molecule has 0 aliphatic heterocycles. The van der Waals surface area contributed by atoms with Gasteiger partial charge in [0, 0.05) is 16.3 Å². The topological polar surface area (TPSA) is 60.2 Å². The molecule has 0 aliphatic rings. The van der Waals surface area contributed by atoms with Gasteiger partial charge in [0.1, 0.15) is 5.75 Å². The number of ether oxygens (including phenoxy) is 1. The largest absolute Gasteiger partial charge is 0.497 e. The van der Waals surface area contributed by atoms with Crippen LogP contribution in [-0.2, 0) is 0 Å². The minimum atomic E-state index is 0.308. The van der Waals surface area contributed by atoms with Gasteiger partial charge in [0.15, 0.2) is 0 Å². The standard InChI is InChI=1S/C15H12ClN3O2/c1-20-13-7-5-10(6-8-13)14-18-15(21-19-14)17-12-4-2-3-11(16)9-12/h2-9H,1H3,(H,17,18,19). The first-order valence-electron chi connectivity index (χ1n) is 6.25. The third kappa shape index (κ3) is 3.14. The quantitative estimate of drug-likeness (QED) is 0.784. The van der Waals surface area contributed by atoms with E-state index >= 15 is 0 Å². The van der Waals surface area contributed by atoms with Gasteiger partial charge >= 0.3 is 6.01 Å². The molecule has 0 unspecified atom stereocenters. The van der Waals surface area contributed by atoms with Gasteiger partial charge in [0.05, 0.1) is 7.11 Å². The van der Waals surface area contributed by atoms with E-state index in [1.54, 1.807) is 19.2 Å². The molecule has 0 saturated heterocycles. The Hall–Kier alpha value is -2.53. The van der Waals surface area contributed by atoms with Crippen LogP contribution in [0.25, 0.3) is 11.4 Å². The summed E-state index contributed by atoms with van der Waals surface area (Å²) in [5, 5.41) is 7.58. The fourth-order valence-electron chi connectivity index (χ4n) is 1.82. The predicted octanol–water partition coefficient (Wildman–Crippen LogP) is 4.14. The van der Waals surface area contributed by atoms with Crippen LogP contribution >= 0.6 is 11.6 Å². The minimum Gasteiger partial charge on any atom is -0.497 e. The number of benzene rings is 2. The number of hydrogen-bond acceptors (Lipinski definition) is 5. The fraction of sp³-hybridized carbons (Fsp3) is 0.0667. The molecular weight excluding hydrogens is 290 g/mol. The van der Waals surface area contributed by atoms with Crippen LogP contribution in [0.5, 0.6) is 5.75 Å². The maximum Gasteiger partial charge on any atom is 0.326 e. The smallest absolute Gasteiger partial charge is 0.326 e. The highest BCUT2D eigenvalue weighted by atomic mass is 35.5. The van der Waals surface area contributed by atoms with E-state index < -0.39 is 0 Å². The van der Waals surface area contributed by atoms with Crippen LogP contribution in [0.2, 0.25) is 5.02 Å². The first kappa shape index (κ1) is 13.5. The van der Waals surface area contributed by atoms with Crippen molar-refractivity contribution in [3.8, 4) is 17.1 Å². The van der Waals surface area contributed by atoms with E-state index in [0.29, 0.717) is 16.9 Å². The van der Waals surface area contributed by atoms with Crippen molar-refractivity contribution >= 4 is 23.3 Å². The van der Waals surface area contributed by atoms with E-state index in [9.17, 15) is 0 Å². The molecular formula is C15H12ClN3O2. The average Bonchev–Trinajstić information content (AvgIpc) is 2.96. The summed E-state index contributed by atoms with van der Waals surface area (Å²) in [5.41, 5.74) is 1.63. The zero-order chi connectivity index (χ0) is 14.7. The highest BCUT2D eigenvalue weighted by Crippen LogP contribution is 2.23. The molecule has 3 rings (SSSR count). The van der Waals surface area contributed by atoms with E-state index in [2.05, 4.69) is 15.5 Å². The molecule has 0 bridgehead atoms. The van der Waals surface area contributed by atoms with Gasteiger partial charge in [0.25, 0.3) is 0 Å². The Balaban J connectivity index is 1.79. The molecule has 1 aromatic heterocycles. The van der Waals surface area contributed by atoms with E-state index in [1.165, 1.54) is 0 Å². The second-order valence-electron chi connectivity index (χ2n) is 4.29. The summed E-state index contributed by atoms with van der Waals surface area (Å²) in [6.45, 7) is 0. The second-order valence-corrected chi connectivity index (χ2v) is 4.72. The van der Waals surface area contributed by atoms with Gasteiger partial charge in [-0.1, -0.05) is 22.8 Å². The summed E-state index contributed by atoms with van der Waals surface area (Å²) in [7, 11) is 1.62. The van der Waals surface area contributed by atoms with Crippen molar-refractivity contribution in [3.63, 3.8) is 0 Å². The monoisotopic (exact) mass is 301 g/mol. The number of halogens is 1. The summed E-state index contributed by atoms with van der Waals surface area (Å²) in [4.78, 5) is 4.29. The second kappa shape index (κ2) is 5.85. The van der Waals surface area contributed by atoms with Crippen molar-refractivity contribution in [3.05, 3.63) is 53.6 Å². The van der Waals surface area contributed by atoms with Crippen molar-refractivity contribution in [1.29, 1.82) is 0 Å². The Morgan fingerprint density at radius 1 is 1.14 bits per heavy atom. The summed E-state index contributed by atoms with van der Waals surface area (Å²) in [6, 6.07) is 15.0. The molecule has 1 heterocycles. The number of methoxy groups -OCH3 is 1. The molecule has 0 aliphatic carbocycles. The molecule has 0 saturated carbocycles. The van der Waals surface area contributed by atoms with Crippen LogP contribution in [0.15, 0.2) is 53.1 Å². The summed E-state index contributed by atoms with van der Waals surface area (Å²) in [6.07, 6.45) is 0. The normalized spacial score (nSPS) is 10.4. The van der Waals surface area contributed by atoms with Gasteiger partial charge in [-0.15, -0.1) is 0 Å². The van der Waals surface area contributed by atoms with Crippen LogP contribution < -0.4 is 10.1 Å². The number of anilines is 2. The van der Waals surface area contributed by atoms with Gasteiger partial charge in [-0.3, -0.25) is 0 Å². The molecule has 0 spiro atoms. The first-order chi connectivity index (χ1) is 10.2. The molecule has 3 aromatic rings. The zero-order valence-electron chi connectivity index (χ0n) is 11.2. The molecule has 5 nitrogen and oxygen atoms in total. The number of rotatable bonds is 4. The van der Waals surface area contributed by atoms with E-state index in [-0.39, 0.29) is 0 Å². The van der Waals surface area contributed by atoms with Crippen LogP contribution in [0.4, 0.5) is 11.7 Å². The Morgan fingerprint density at radius 3 is 2.67 bits per heavy atom. The molecule has 0 radical (unpaired) electrons. The number of aromatic nitrogens is 2. The van der Waals surface area contributed by atoms with Crippen LogP contribution in [-0.4, -0.2) is 17.3 Å². The average molecular weight is 302 g/mol. The molecule has 1 N–H and O–H groups in total. The molecule has 2 aromatic carbocycles. The Bertz CT molecular complexity index is 741. The number of hydrogen-bond donors (Lipinski definition) is 1. The Morgan fingerprint density at radius 2 is 1.95 bits per heavy atom.